The van der Waals surface area contributed by atoms with Crippen LogP contribution in [-0.2, 0) is 33.3 Å². The number of nitrogens with zero attached hydrogens (tertiary/aromatic N) is 4. The van der Waals surface area contributed by atoms with Crippen LogP contribution in [0.4, 0.5) is 4.39 Å². The summed E-state index contributed by atoms with van der Waals surface area (Å²) in [5.74, 6) is -1.89. The summed E-state index contributed by atoms with van der Waals surface area (Å²) in [5.41, 5.74) is -0.683. The van der Waals surface area contributed by atoms with E-state index in [1.165, 1.54) is 31.6 Å². The largest absolute Gasteiger partial charge is 0.463 e. The Hall–Kier alpha value is -2.78. The van der Waals surface area contributed by atoms with Crippen molar-refractivity contribution in [2.24, 2.45) is 0 Å². The van der Waals surface area contributed by atoms with E-state index in [0.717, 1.165) is 29.3 Å². The van der Waals surface area contributed by atoms with Gasteiger partial charge in [-0.3, -0.25) is 14.4 Å². The number of halogens is 3. The Bertz CT molecular complexity index is 1370. The van der Waals surface area contributed by atoms with Crippen molar-refractivity contribution in [1.29, 1.82) is 0 Å². The summed E-state index contributed by atoms with van der Waals surface area (Å²) in [6, 6.07) is 3.91. The molecule has 0 bridgehead atoms. The van der Waals surface area contributed by atoms with Gasteiger partial charge in [0.15, 0.2) is 17.3 Å². The number of ether oxygens (including phenoxy) is 4. The zero-order chi connectivity index (χ0) is 28.3. The van der Waals surface area contributed by atoms with Crippen molar-refractivity contribution < 1.29 is 37.7 Å². The Balaban J connectivity index is 1.79. The number of hydrogen-bond acceptors (Lipinski definition) is 12. The Morgan fingerprint density at radius 1 is 1.10 bits per heavy atom. The number of esters is 3. The fraction of sp³-hybridized carbons (Fsp3) is 0.391. The molecule has 0 amide bonds. The third-order valence-corrected chi connectivity index (χ3v) is 8.01. The molecule has 208 valence electrons. The van der Waals surface area contributed by atoms with Gasteiger partial charge in [-0.25, -0.2) is 9.67 Å². The van der Waals surface area contributed by atoms with Gasteiger partial charge in [-0.2, -0.15) is 4.39 Å². The fourth-order valence-corrected chi connectivity index (χ4v) is 5.96. The molecule has 1 fully saturated rings. The summed E-state index contributed by atoms with van der Waals surface area (Å²) in [6.07, 6.45) is -0.720. The van der Waals surface area contributed by atoms with Gasteiger partial charge >= 0.3 is 17.9 Å². The molecule has 4 rings (SSSR count). The smallest absolute Gasteiger partial charge is 0.303 e. The molecule has 0 spiro atoms. The maximum atomic E-state index is 13.6. The van der Waals surface area contributed by atoms with Crippen molar-refractivity contribution in [1.82, 2.24) is 20.0 Å². The Kier molecular flexibility index (Phi) is 9.43. The third kappa shape index (κ3) is 7.25. The molecule has 0 radical (unpaired) electrons. The Morgan fingerprint density at radius 3 is 2.44 bits per heavy atom. The van der Waals surface area contributed by atoms with E-state index in [4.69, 9.17) is 42.1 Å². The third-order valence-electron chi connectivity index (χ3n) is 5.33. The Labute approximate surface area is 239 Å². The first-order valence-corrected chi connectivity index (χ1v) is 13.8. The standard InChI is InChI=1S/C23H21Cl2FN4O7S2/c1-10(31)34-9-17-20(35-11(2)32)19(30-8-16(28-29-30)22-27-7-18(26)39-22)21(36-12(3)33)23(37-17)38-13-4-5-14(24)15(25)6-13/h4-8,17,19-21,23H,9H2,1-3H3/t17-,19+,20+,21-,23-/m1/s1. The molecule has 1 aliphatic rings. The molecule has 11 nitrogen and oxygen atoms in total. The van der Waals surface area contributed by atoms with Crippen molar-refractivity contribution in [3.05, 3.63) is 45.8 Å². The van der Waals surface area contributed by atoms with E-state index in [1.807, 2.05) is 0 Å². The van der Waals surface area contributed by atoms with Crippen molar-refractivity contribution in [2.45, 2.75) is 55.5 Å². The predicted molar refractivity (Wildman–Crippen MR) is 139 cm³/mol. The minimum atomic E-state index is -1.14. The molecule has 0 N–H and O–H groups in total. The second-order valence-electron chi connectivity index (χ2n) is 8.23. The topological polar surface area (TPSA) is 132 Å². The number of hydrogen-bond donors (Lipinski definition) is 0. The molecule has 0 saturated carbocycles. The molecule has 5 atom stereocenters. The van der Waals surface area contributed by atoms with Gasteiger partial charge in [0.1, 0.15) is 34.9 Å². The first-order valence-electron chi connectivity index (χ1n) is 11.3. The lowest BCUT2D eigenvalue weighted by Gasteiger charge is -2.44. The maximum absolute atomic E-state index is 13.6. The molecular formula is C23H21Cl2FN4O7S2. The van der Waals surface area contributed by atoms with Crippen molar-refractivity contribution in [3.63, 3.8) is 0 Å². The van der Waals surface area contributed by atoms with Crippen LogP contribution in [0.25, 0.3) is 10.7 Å². The van der Waals surface area contributed by atoms with Gasteiger partial charge in [0.05, 0.1) is 22.4 Å². The van der Waals surface area contributed by atoms with E-state index >= 15 is 0 Å². The van der Waals surface area contributed by atoms with E-state index in [2.05, 4.69) is 15.3 Å². The molecular weight excluding hydrogens is 598 g/mol. The maximum Gasteiger partial charge on any atom is 0.303 e. The van der Waals surface area contributed by atoms with Crippen LogP contribution in [0.15, 0.2) is 35.5 Å². The van der Waals surface area contributed by atoms with E-state index in [0.29, 0.717) is 14.9 Å². The van der Waals surface area contributed by atoms with E-state index in [1.54, 1.807) is 18.2 Å². The Morgan fingerprint density at radius 2 is 1.82 bits per heavy atom. The van der Waals surface area contributed by atoms with Gasteiger partial charge < -0.3 is 18.9 Å². The summed E-state index contributed by atoms with van der Waals surface area (Å²) >= 11 is 14.2. The zero-order valence-electron chi connectivity index (χ0n) is 20.6. The number of aromatic nitrogens is 4. The molecule has 1 aromatic carbocycles. The molecule has 1 saturated heterocycles. The minimum absolute atomic E-state index is 0.240. The predicted octanol–water partition coefficient (Wildman–Crippen LogP) is 4.33. The zero-order valence-corrected chi connectivity index (χ0v) is 23.7. The summed E-state index contributed by atoms with van der Waals surface area (Å²) in [6.45, 7) is 3.35. The monoisotopic (exact) mass is 618 g/mol. The number of carbonyl (C=O) groups excluding carboxylic acids is 3. The lowest BCUT2D eigenvalue weighted by molar-refractivity contribution is -0.212. The number of rotatable bonds is 8. The molecule has 3 heterocycles. The quantitative estimate of drug-likeness (QED) is 0.264. The minimum Gasteiger partial charge on any atom is -0.463 e. The van der Waals surface area contributed by atoms with Crippen LogP contribution in [-0.4, -0.2) is 68.2 Å². The fourth-order valence-electron chi connectivity index (χ4n) is 3.86. The first-order chi connectivity index (χ1) is 18.5. The van der Waals surface area contributed by atoms with Gasteiger partial charge in [0.25, 0.3) is 0 Å². The second-order valence-corrected chi connectivity index (χ2v) is 11.2. The van der Waals surface area contributed by atoms with Gasteiger partial charge in [-0.1, -0.05) is 51.5 Å². The van der Waals surface area contributed by atoms with Gasteiger partial charge in [0, 0.05) is 25.7 Å². The highest BCUT2D eigenvalue weighted by Gasteiger charge is 2.52. The van der Waals surface area contributed by atoms with Crippen molar-refractivity contribution in [2.75, 3.05) is 6.61 Å². The normalized spacial score (nSPS) is 22.8. The number of benzene rings is 1. The van der Waals surface area contributed by atoms with Crippen LogP contribution in [0, 0.1) is 5.13 Å². The van der Waals surface area contributed by atoms with Crippen molar-refractivity contribution in [3.8, 4) is 10.7 Å². The first kappa shape index (κ1) is 29.2. The van der Waals surface area contributed by atoms with Gasteiger partial charge in [0.2, 0.25) is 0 Å². The summed E-state index contributed by atoms with van der Waals surface area (Å²) in [5, 5.41) is 8.62. The van der Waals surface area contributed by atoms with Crippen LogP contribution in [0.5, 0.6) is 0 Å². The lowest BCUT2D eigenvalue weighted by atomic mass is 9.96. The van der Waals surface area contributed by atoms with Crippen LogP contribution in [0.2, 0.25) is 10.0 Å². The lowest BCUT2D eigenvalue weighted by Crippen LogP contribution is -2.57. The van der Waals surface area contributed by atoms with Crippen LogP contribution in [0.3, 0.4) is 0 Å². The number of thiazole rings is 1. The highest BCUT2D eigenvalue weighted by atomic mass is 35.5. The second kappa shape index (κ2) is 12.6. The van der Waals surface area contributed by atoms with Crippen LogP contribution < -0.4 is 0 Å². The summed E-state index contributed by atoms with van der Waals surface area (Å²) in [7, 11) is 0. The van der Waals surface area contributed by atoms with Gasteiger partial charge in [-0.05, 0) is 18.2 Å². The summed E-state index contributed by atoms with van der Waals surface area (Å²) in [4.78, 5) is 40.6. The highest BCUT2D eigenvalue weighted by molar-refractivity contribution is 7.99. The van der Waals surface area contributed by atoms with E-state index < -0.39 is 52.8 Å². The summed E-state index contributed by atoms with van der Waals surface area (Å²) < 4.78 is 37.7. The molecule has 16 heteroatoms. The van der Waals surface area contributed by atoms with Crippen LogP contribution >= 0.6 is 46.3 Å². The molecule has 0 aliphatic carbocycles. The molecule has 0 unspecified atom stereocenters. The average molecular weight is 619 g/mol. The average Bonchev–Trinajstić information content (AvgIpc) is 3.50. The number of thioether (sulfide) groups is 1. The van der Waals surface area contributed by atoms with Crippen molar-refractivity contribution >= 4 is 64.2 Å². The van der Waals surface area contributed by atoms with Crippen LogP contribution in [0.1, 0.15) is 26.8 Å². The highest BCUT2D eigenvalue weighted by Crippen LogP contribution is 2.42. The molecule has 39 heavy (non-hydrogen) atoms. The van der Waals surface area contributed by atoms with Gasteiger partial charge in [-0.15, -0.1) is 5.10 Å². The SMILES string of the molecule is CC(=O)OC[C@H]1O[C@H](Sc2ccc(Cl)c(Cl)c2)[C@H](OC(C)=O)[C@@H](n2cc(-c3ncc(F)s3)nn2)[C@H]1OC(C)=O. The number of carbonyl (C=O) groups is 3. The molecule has 2 aromatic heterocycles. The molecule has 3 aromatic rings. The molecule has 1 aliphatic heterocycles. The van der Waals surface area contributed by atoms with E-state index in [-0.39, 0.29) is 17.3 Å². The van der Waals surface area contributed by atoms with E-state index in [9.17, 15) is 18.8 Å².